The van der Waals surface area contributed by atoms with Crippen molar-refractivity contribution in [1.82, 2.24) is 10.1 Å². The molecule has 0 aliphatic carbocycles. The fourth-order valence-electron chi connectivity index (χ4n) is 2.94. The van der Waals surface area contributed by atoms with Gasteiger partial charge in [0.15, 0.2) is 11.4 Å². The Hall–Kier alpha value is -3.59. The number of aromatic nitrogens is 2. The van der Waals surface area contributed by atoms with Crippen LogP contribution in [0.5, 0.6) is 17.2 Å². The van der Waals surface area contributed by atoms with Crippen LogP contribution in [0.15, 0.2) is 64.1 Å². The number of nitrogens with one attached hydrogen (secondary N) is 2. The van der Waals surface area contributed by atoms with Crippen molar-refractivity contribution < 1.29 is 18.7 Å². The third kappa shape index (κ3) is 3.92. The van der Waals surface area contributed by atoms with Crippen molar-refractivity contribution >= 4 is 40.2 Å². The van der Waals surface area contributed by atoms with Gasteiger partial charge in [-0.3, -0.25) is 0 Å². The molecule has 0 fully saturated rings. The van der Waals surface area contributed by atoms with Gasteiger partial charge in [0.1, 0.15) is 33.3 Å². The molecule has 0 unspecified atom stereocenters. The predicted molar refractivity (Wildman–Crippen MR) is 117 cm³/mol. The lowest BCUT2D eigenvalue weighted by Crippen LogP contribution is -1.96. The Morgan fingerprint density at radius 3 is 2.33 bits per heavy atom. The van der Waals surface area contributed by atoms with Gasteiger partial charge in [0.25, 0.3) is 0 Å². The second-order valence-electron chi connectivity index (χ2n) is 6.12. The number of methoxy groups -OCH3 is 3. The molecular formula is C21H20N4O4S. The highest BCUT2D eigenvalue weighted by atomic mass is 32.2. The second kappa shape index (κ2) is 8.83. The molecule has 0 radical (unpaired) electrons. The highest BCUT2D eigenvalue weighted by Crippen LogP contribution is 2.41. The van der Waals surface area contributed by atoms with Crippen LogP contribution in [0.2, 0.25) is 0 Å². The van der Waals surface area contributed by atoms with Gasteiger partial charge in [-0.05, 0) is 36.2 Å². The normalized spacial score (nSPS) is 10.6. The fourth-order valence-corrected chi connectivity index (χ4v) is 3.78. The number of fused-ring (bicyclic) bond motifs is 1. The van der Waals surface area contributed by atoms with E-state index in [1.54, 1.807) is 27.5 Å². The van der Waals surface area contributed by atoms with Crippen molar-refractivity contribution in [2.24, 2.45) is 0 Å². The second-order valence-corrected chi connectivity index (χ2v) is 6.94. The molecule has 0 amide bonds. The molecule has 2 aromatic heterocycles. The van der Waals surface area contributed by atoms with Crippen molar-refractivity contribution in [2.45, 2.75) is 4.90 Å². The monoisotopic (exact) mass is 424 g/mol. The maximum absolute atomic E-state index is 5.59. The quantitative estimate of drug-likeness (QED) is 0.374. The minimum absolute atomic E-state index is 0.532. The Labute approximate surface area is 177 Å². The van der Waals surface area contributed by atoms with Gasteiger partial charge >= 0.3 is 0 Å². The summed E-state index contributed by atoms with van der Waals surface area (Å²) in [5.41, 5.74) is 1.35. The SMILES string of the molecule is COc1cccc(OC)c1SNc1noc2cc(Nc3ccccn3)cc(OC)c12. The van der Waals surface area contributed by atoms with Crippen LogP contribution < -0.4 is 24.2 Å². The first-order chi connectivity index (χ1) is 14.7. The molecule has 30 heavy (non-hydrogen) atoms. The summed E-state index contributed by atoms with van der Waals surface area (Å²) in [6.07, 6.45) is 1.72. The van der Waals surface area contributed by atoms with Crippen molar-refractivity contribution in [1.29, 1.82) is 0 Å². The molecular weight excluding hydrogens is 404 g/mol. The summed E-state index contributed by atoms with van der Waals surface area (Å²) in [7, 11) is 4.83. The van der Waals surface area contributed by atoms with E-state index in [1.165, 1.54) is 11.9 Å². The number of hydrogen-bond donors (Lipinski definition) is 2. The zero-order valence-electron chi connectivity index (χ0n) is 16.6. The maximum atomic E-state index is 5.59. The smallest absolute Gasteiger partial charge is 0.191 e. The molecule has 0 saturated carbocycles. The number of anilines is 3. The van der Waals surface area contributed by atoms with Crippen molar-refractivity contribution in [2.75, 3.05) is 31.4 Å². The van der Waals surface area contributed by atoms with Crippen LogP contribution in [0.3, 0.4) is 0 Å². The van der Waals surface area contributed by atoms with E-state index in [-0.39, 0.29) is 0 Å². The average molecular weight is 424 g/mol. The molecule has 9 heteroatoms. The predicted octanol–water partition coefficient (Wildman–Crippen LogP) is 5.11. The number of hydrogen-bond acceptors (Lipinski definition) is 9. The van der Waals surface area contributed by atoms with E-state index in [4.69, 9.17) is 18.7 Å². The van der Waals surface area contributed by atoms with E-state index in [0.717, 1.165) is 21.8 Å². The number of nitrogens with zero attached hydrogens (tertiary/aromatic N) is 2. The molecule has 0 bridgehead atoms. The molecule has 4 aromatic rings. The van der Waals surface area contributed by atoms with Crippen LogP contribution in [0.1, 0.15) is 0 Å². The van der Waals surface area contributed by atoms with Crippen LogP contribution in [0.25, 0.3) is 11.0 Å². The van der Waals surface area contributed by atoms with E-state index in [0.29, 0.717) is 28.6 Å². The summed E-state index contributed by atoms with van der Waals surface area (Å²) in [6, 6.07) is 15.0. The van der Waals surface area contributed by atoms with Crippen molar-refractivity contribution in [3.63, 3.8) is 0 Å². The Bertz CT molecular complexity index is 1130. The summed E-state index contributed by atoms with van der Waals surface area (Å²) in [5, 5.41) is 8.12. The third-order valence-corrected chi connectivity index (χ3v) is 5.23. The number of pyridine rings is 1. The van der Waals surface area contributed by atoms with Gasteiger partial charge in [-0.2, -0.15) is 0 Å². The first-order valence-electron chi connectivity index (χ1n) is 9.02. The number of rotatable bonds is 8. The van der Waals surface area contributed by atoms with E-state index in [1.807, 2.05) is 48.5 Å². The van der Waals surface area contributed by atoms with Crippen molar-refractivity contribution in [3.05, 3.63) is 54.7 Å². The molecule has 2 N–H and O–H groups in total. The molecule has 0 atom stereocenters. The molecule has 4 rings (SSSR count). The lowest BCUT2D eigenvalue weighted by molar-refractivity contribution is 0.376. The Morgan fingerprint density at radius 1 is 0.900 bits per heavy atom. The lowest BCUT2D eigenvalue weighted by atomic mass is 10.2. The Morgan fingerprint density at radius 2 is 1.67 bits per heavy atom. The van der Waals surface area contributed by atoms with Crippen LogP contribution in [-0.4, -0.2) is 31.5 Å². The van der Waals surface area contributed by atoms with Crippen LogP contribution in [-0.2, 0) is 0 Å². The summed E-state index contributed by atoms with van der Waals surface area (Å²) in [4.78, 5) is 5.07. The molecule has 0 aliphatic heterocycles. The van der Waals surface area contributed by atoms with E-state index in [2.05, 4.69) is 20.2 Å². The number of ether oxygens (including phenoxy) is 3. The van der Waals surface area contributed by atoms with Gasteiger partial charge in [-0.25, -0.2) is 4.98 Å². The van der Waals surface area contributed by atoms with Gasteiger partial charge in [0, 0.05) is 24.0 Å². The summed E-state index contributed by atoms with van der Waals surface area (Å²) in [6.45, 7) is 0. The van der Waals surface area contributed by atoms with Crippen LogP contribution >= 0.6 is 11.9 Å². The van der Waals surface area contributed by atoms with E-state index in [9.17, 15) is 0 Å². The standard InChI is InChI=1S/C21H20N4O4S/c1-26-14-7-6-8-15(27-2)20(14)30-25-21-19-16(28-3)11-13(12-17(19)29-24-21)23-18-9-4-5-10-22-18/h4-12H,1-3H3,(H,22,23)(H,24,25). The first-order valence-corrected chi connectivity index (χ1v) is 9.84. The average Bonchev–Trinajstić information content (AvgIpc) is 3.20. The largest absolute Gasteiger partial charge is 0.496 e. The molecule has 0 aliphatic rings. The molecule has 2 heterocycles. The topological polar surface area (TPSA) is 90.7 Å². The molecule has 8 nitrogen and oxygen atoms in total. The summed E-state index contributed by atoms with van der Waals surface area (Å²) >= 11 is 1.32. The Balaban J connectivity index is 1.63. The summed E-state index contributed by atoms with van der Waals surface area (Å²) in [5.74, 6) is 3.24. The van der Waals surface area contributed by atoms with E-state index >= 15 is 0 Å². The molecule has 0 saturated heterocycles. The third-order valence-electron chi connectivity index (χ3n) is 4.33. The highest BCUT2D eigenvalue weighted by molar-refractivity contribution is 8.00. The zero-order chi connectivity index (χ0) is 20.9. The molecule has 154 valence electrons. The van der Waals surface area contributed by atoms with Crippen molar-refractivity contribution in [3.8, 4) is 17.2 Å². The minimum atomic E-state index is 0.532. The highest BCUT2D eigenvalue weighted by Gasteiger charge is 2.18. The van der Waals surface area contributed by atoms with Gasteiger partial charge in [0.05, 0.1) is 21.3 Å². The van der Waals surface area contributed by atoms with E-state index < -0.39 is 0 Å². The maximum Gasteiger partial charge on any atom is 0.191 e. The van der Waals surface area contributed by atoms with Crippen LogP contribution in [0.4, 0.5) is 17.3 Å². The van der Waals surface area contributed by atoms with Gasteiger partial charge in [0.2, 0.25) is 0 Å². The minimum Gasteiger partial charge on any atom is -0.496 e. The number of benzene rings is 2. The first kappa shape index (κ1) is 19.7. The van der Waals surface area contributed by atoms with Gasteiger partial charge < -0.3 is 28.8 Å². The summed E-state index contributed by atoms with van der Waals surface area (Å²) < 4.78 is 25.2. The molecule has 2 aromatic carbocycles. The lowest BCUT2D eigenvalue weighted by Gasteiger charge is -2.12. The Kier molecular flexibility index (Phi) is 5.80. The fraction of sp³-hybridized carbons (Fsp3) is 0.143. The zero-order valence-corrected chi connectivity index (χ0v) is 17.4. The van der Waals surface area contributed by atoms with Gasteiger partial charge in [-0.15, -0.1) is 0 Å². The van der Waals surface area contributed by atoms with Crippen LogP contribution in [0, 0.1) is 0 Å². The van der Waals surface area contributed by atoms with Gasteiger partial charge in [-0.1, -0.05) is 17.3 Å². The molecule has 0 spiro atoms.